The first-order chi connectivity index (χ1) is 7.29. The molecule has 4 nitrogen and oxygen atoms in total. The van der Waals surface area contributed by atoms with Gasteiger partial charge in [0.25, 0.3) is 0 Å². The van der Waals surface area contributed by atoms with Crippen LogP contribution in [0.4, 0.5) is 4.79 Å². The van der Waals surface area contributed by atoms with Gasteiger partial charge in [-0.25, -0.2) is 4.79 Å². The van der Waals surface area contributed by atoms with Crippen LogP contribution < -0.4 is 5.73 Å². The number of hydrogen-bond acceptors (Lipinski definition) is 3. The largest absolute Gasteiger partial charge is 0.444 e. The van der Waals surface area contributed by atoms with Crippen molar-refractivity contribution in [1.29, 1.82) is 0 Å². The molecule has 0 radical (unpaired) electrons. The third kappa shape index (κ3) is 4.00. The summed E-state index contributed by atoms with van der Waals surface area (Å²) in [5, 5.41) is 0. The first kappa shape index (κ1) is 13.3. The summed E-state index contributed by atoms with van der Waals surface area (Å²) >= 11 is 0. The van der Waals surface area contributed by atoms with Crippen LogP contribution in [0.1, 0.15) is 40.0 Å². The Morgan fingerprint density at radius 3 is 2.44 bits per heavy atom. The second-order valence-electron chi connectivity index (χ2n) is 5.72. The highest BCUT2D eigenvalue weighted by Crippen LogP contribution is 2.28. The molecule has 1 aliphatic rings. The molecule has 1 atom stereocenters. The van der Waals surface area contributed by atoms with E-state index in [1.54, 1.807) is 11.9 Å². The van der Waals surface area contributed by atoms with Gasteiger partial charge in [-0.2, -0.15) is 0 Å². The van der Waals surface area contributed by atoms with E-state index in [9.17, 15) is 4.79 Å². The molecule has 0 aliphatic heterocycles. The van der Waals surface area contributed by atoms with Crippen LogP contribution in [0.25, 0.3) is 0 Å². The van der Waals surface area contributed by atoms with Gasteiger partial charge in [0.05, 0.1) is 0 Å². The zero-order valence-corrected chi connectivity index (χ0v) is 10.8. The Morgan fingerprint density at radius 1 is 1.50 bits per heavy atom. The summed E-state index contributed by atoms with van der Waals surface area (Å²) in [5.74, 6) is 0.588. The summed E-state index contributed by atoms with van der Waals surface area (Å²) in [7, 11) is 1.74. The van der Waals surface area contributed by atoms with Gasteiger partial charge >= 0.3 is 6.09 Å². The highest BCUT2D eigenvalue weighted by molar-refractivity contribution is 5.67. The van der Waals surface area contributed by atoms with E-state index in [1.807, 2.05) is 20.8 Å². The normalized spacial score (nSPS) is 18.8. The van der Waals surface area contributed by atoms with Gasteiger partial charge in [-0.05, 0) is 39.5 Å². The van der Waals surface area contributed by atoms with Crippen LogP contribution in [0, 0.1) is 5.92 Å². The molecule has 1 aliphatic carbocycles. The topological polar surface area (TPSA) is 55.6 Å². The van der Waals surface area contributed by atoms with Crippen LogP contribution in [0.2, 0.25) is 0 Å². The molecule has 0 aromatic rings. The number of likely N-dealkylation sites (N-methyl/N-ethyl adjacent to an activating group) is 1. The van der Waals surface area contributed by atoms with Gasteiger partial charge in [0.2, 0.25) is 0 Å². The van der Waals surface area contributed by atoms with Crippen molar-refractivity contribution in [2.24, 2.45) is 11.7 Å². The molecule has 0 heterocycles. The van der Waals surface area contributed by atoms with Gasteiger partial charge in [-0.15, -0.1) is 0 Å². The summed E-state index contributed by atoms with van der Waals surface area (Å²) in [5.41, 5.74) is 5.59. The van der Waals surface area contributed by atoms with Gasteiger partial charge in [-0.1, -0.05) is 6.42 Å². The zero-order valence-electron chi connectivity index (χ0n) is 10.8. The van der Waals surface area contributed by atoms with Crippen LogP contribution in [-0.2, 0) is 4.74 Å². The quantitative estimate of drug-likeness (QED) is 0.803. The first-order valence-corrected chi connectivity index (χ1v) is 5.99. The number of ether oxygens (including phenoxy) is 1. The van der Waals surface area contributed by atoms with E-state index in [0.29, 0.717) is 12.5 Å². The van der Waals surface area contributed by atoms with Crippen molar-refractivity contribution in [1.82, 2.24) is 4.90 Å². The molecule has 1 amide bonds. The van der Waals surface area contributed by atoms with Crippen molar-refractivity contribution in [3.05, 3.63) is 0 Å². The Morgan fingerprint density at radius 2 is 2.06 bits per heavy atom. The molecule has 1 fully saturated rings. The third-order valence-electron chi connectivity index (χ3n) is 2.95. The number of nitrogens with zero attached hydrogens (tertiary/aromatic N) is 1. The number of rotatable bonds is 3. The smallest absolute Gasteiger partial charge is 0.410 e. The maximum absolute atomic E-state index is 11.7. The summed E-state index contributed by atoms with van der Waals surface area (Å²) in [6, 6.07) is 0.0891. The van der Waals surface area contributed by atoms with Crippen molar-refractivity contribution < 1.29 is 9.53 Å². The Bertz CT molecular complexity index is 244. The average molecular weight is 228 g/mol. The summed E-state index contributed by atoms with van der Waals surface area (Å²) in [4.78, 5) is 13.2. The van der Waals surface area contributed by atoms with Crippen LogP contribution in [0.15, 0.2) is 0 Å². The lowest BCUT2D eigenvalue weighted by Gasteiger charge is -2.34. The third-order valence-corrected chi connectivity index (χ3v) is 2.95. The van der Waals surface area contributed by atoms with Crippen molar-refractivity contribution in [2.45, 2.75) is 51.7 Å². The molecular formula is C12H24N2O2. The van der Waals surface area contributed by atoms with Crippen molar-refractivity contribution in [2.75, 3.05) is 13.6 Å². The highest BCUT2D eigenvalue weighted by atomic mass is 16.6. The molecule has 0 spiro atoms. The Balaban J connectivity index is 2.33. The van der Waals surface area contributed by atoms with Gasteiger partial charge in [0, 0.05) is 19.6 Å². The SMILES string of the molecule is CN(CC(N)C1CCC1)C(=O)OC(C)(C)C. The summed E-state index contributed by atoms with van der Waals surface area (Å²) in [6.45, 7) is 6.18. The Hall–Kier alpha value is -0.770. The zero-order chi connectivity index (χ0) is 12.3. The number of amides is 1. The fourth-order valence-corrected chi connectivity index (χ4v) is 1.75. The minimum atomic E-state index is -0.439. The van der Waals surface area contributed by atoms with E-state index in [1.165, 1.54) is 19.3 Å². The average Bonchev–Trinajstić information content (AvgIpc) is 1.96. The molecule has 1 rings (SSSR count). The van der Waals surface area contributed by atoms with Crippen LogP contribution in [-0.4, -0.2) is 36.2 Å². The minimum absolute atomic E-state index is 0.0891. The lowest BCUT2D eigenvalue weighted by Crippen LogP contribution is -2.46. The van der Waals surface area contributed by atoms with Gasteiger partial charge < -0.3 is 15.4 Å². The minimum Gasteiger partial charge on any atom is -0.444 e. The molecular weight excluding hydrogens is 204 g/mol. The number of carbonyl (C=O) groups is 1. The molecule has 0 saturated heterocycles. The molecule has 0 aromatic heterocycles. The standard InChI is InChI=1S/C12H24N2O2/c1-12(2,3)16-11(15)14(4)8-10(13)9-6-5-7-9/h9-10H,5-8,13H2,1-4H3. The maximum Gasteiger partial charge on any atom is 0.410 e. The van der Waals surface area contributed by atoms with Crippen molar-refractivity contribution in [3.8, 4) is 0 Å². The van der Waals surface area contributed by atoms with E-state index >= 15 is 0 Å². The van der Waals surface area contributed by atoms with Gasteiger partial charge in [0.1, 0.15) is 5.60 Å². The predicted octanol–water partition coefficient (Wildman–Crippen LogP) is 1.98. The first-order valence-electron chi connectivity index (χ1n) is 5.99. The molecule has 0 aromatic carbocycles. The van der Waals surface area contributed by atoms with Gasteiger partial charge in [-0.3, -0.25) is 0 Å². The fraction of sp³-hybridized carbons (Fsp3) is 0.917. The number of hydrogen-bond donors (Lipinski definition) is 1. The molecule has 1 saturated carbocycles. The second-order valence-corrected chi connectivity index (χ2v) is 5.72. The Labute approximate surface area is 98.1 Å². The molecule has 16 heavy (non-hydrogen) atoms. The molecule has 4 heteroatoms. The number of carbonyl (C=O) groups excluding carboxylic acids is 1. The Kier molecular flexibility index (Phi) is 4.19. The van der Waals surface area contributed by atoms with E-state index < -0.39 is 5.60 Å². The fourth-order valence-electron chi connectivity index (χ4n) is 1.75. The van der Waals surface area contributed by atoms with Gasteiger partial charge in [0.15, 0.2) is 0 Å². The van der Waals surface area contributed by atoms with E-state index in [-0.39, 0.29) is 12.1 Å². The van der Waals surface area contributed by atoms with E-state index in [2.05, 4.69) is 0 Å². The molecule has 2 N–H and O–H groups in total. The lowest BCUT2D eigenvalue weighted by atomic mass is 9.80. The summed E-state index contributed by atoms with van der Waals surface area (Å²) in [6.07, 6.45) is 3.38. The second kappa shape index (κ2) is 5.04. The van der Waals surface area contributed by atoms with Crippen LogP contribution in [0.5, 0.6) is 0 Å². The monoisotopic (exact) mass is 228 g/mol. The van der Waals surface area contributed by atoms with Crippen molar-refractivity contribution in [3.63, 3.8) is 0 Å². The van der Waals surface area contributed by atoms with Crippen LogP contribution in [0.3, 0.4) is 0 Å². The van der Waals surface area contributed by atoms with E-state index in [4.69, 9.17) is 10.5 Å². The maximum atomic E-state index is 11.7. The predicted molar refractivity (Wildman–Crippen MR) is 64.2 cm³/mol. The van der Waals surface area contributed by atoms with E-state index in [0.717, 1.165) is 0 Å². The highest BCUT2D eigenvalue weighted by Gasteiger charge is 2.27. The van der Waals surface area contributed by atoms with Crippen LogP contribution >= 0.6 is 0 Å². The molecule has 0 bridgehead atoms. The molecule has 1 unspecified atom stereocenters. The van der Waals surface area contributed by atoms with Crippen molar-refractivity contribution >= 4 is 6.09 Å². The summed E-state index contributed by atoms with van der Waals surface area (Å²) < 4.78 is 5.26. The lowest BCUT2D eigenvalue weighted by molar-refractivity contribution is 0.0270. The number of nitrogens with two attached hydrogens (primary N) is 1. The molecule has 94 valence electrons.